The highest BCUT2D eigenvalue weighted by Crippen LogP contribution is 2.30. The van der Waals surface area contributed by atoms with Gasteiger partial charge in [-0.15, -0.1) is 0 Å². The van der Waals surface area contributed by atoms with Gasteiger partial charge in [-0.25, -0.2) is 0 Å². The number of carbonyl (C=O) groups excluding carboxylic acids is 1. The summed E-state index contributed by atoms with van der Waals surface area (Å²) in [4.78, 5) is 20.4. The molecule has 0 radical (unpaired) electrons. The number of halogens is 1. The van der Waals surface area contributed by atoms with Crippen LogP contribution in [0, 0.1) is 6.92 Å². The first kappa shape index (κ1) is 23.3. The number of amides is 1. The van der Waals surface area contributed by atoms with E-state index in [1.165, 1.54) is 5.56 Å². The maximum absolute atomic E-state index is 13.1. The number of hydrogen-bond acceptors (Lipinski definition) is 4. The Kier molecular flexibility index (Phi) is 7.63. The van der Waals surface area contributed by atoms with Crippen LogP contribution in [0.1, 0.15) is 51.6 Å². The second-order valence-corrected chi connectivity index (χ2v) is 9.00. The minimum Gasteiger partial charge on any atom is -0.496 e. The average Bonchev–Trinajstić information content (AvgIpc) is 2.83. The van der Waals surface area contributed by atoms with Crippen molar-refractivity contribution in [1.82, 2.24) is 15.2 Å². The molecular weight excluding hydrogens is 434 g/mol. The Morgan fingerprint density at radius 3 is 2.67 bits per heavy atom. The van der Waals surface area contributed by atoms with Crippen molar-refractivity contribution in [3.05, 3.63) is 93.8 Å². The number of nitrogens with zero attached hydrogens (tertiary/aromatic N) is 2. The first-order valence-corrected chi connectivity index (χ1v) is 11.8. The van der Waals surface area contributed by atoms with Crippen molar-refractivity contribution in [3.8, 4) is 5.75 Å². The van der Waals surface area contributed by atoms with Gasteiger partial charge < -0.3 is 10.1 Å². The van der Waals surface area contributed by atoms with E-state index in [4.69, 9.17) is 21.3 Å². The molecule has 0 saturated carbocycles. The fraction of sp³-hybridized carbons (Fsp3) is 0.333. The molecule has 1 fully saturated rings. The Hall–Kier alpha value is -2.89. The number of ether oxygens (including phenoxy) is 1. The molecule has 1 aliphatic rings. The van der Waals surface area contributed by atoms with Gasteiger partial charge in [0.15, 0.2) is 0 Å². The maximum atomic E-state index is 13.1. The van der Waals surface area contributed by atoms with Crippen LogP contribution in [0.2, 0.25) is 5.02 Å². The minimum absolute atomic E-state index is 0.0928. The molecular formula is C27H30ClN3O2. The second kappa shape index (κ2) is 10.8. The summed E-state index contributed by atoms with van der Waals surface area (Å²) in [7, 11) is 1.64. The number of hydrogen-bond donors (Lipinski definition) is 1. The standard InChI is InChI=1S/C27H30ClN3O2/c1-19-10-11-24(27(32)29-17-22-7-3-4-9-25(22)33-2)26(30-19)21-12-14-31(15-13-21)18-20-6-5-8-23(28)16-20/h3-11,16,21H,12-15,17-18H2,1-2H3,(H,29,32). The Bertz CT molecular complexity index is 1110. The number of para-hydroxylation sites is 1. The number of likely N-dealkylation sites (tertiary alicyclic amines) is 1. The Balaban J connectivity index is 1.42. The van der Waals surface area contributed by atoms with E-state index < -0.39 is 0 Å². The van der Waals surface area contributed by atoms with Crippen LogP contribution >= 0.6 is 11.6 Å². The molecule has 0 spiro atoms. The number of benzene rings is 2. The van der Waals surface area contributed by atoms with Crippen LogP contribution < -0.4 is 10.1 Å². The average molecular weight is 464 g/mol. The lowest BCUT2D eigenvalue weighted by atomic mass is 9.89. The van der Waals surface area contributed by atoms with Crippen LogP contribution in [0.3, 0.4) is 0 Å². The van der Waals surface area contributed by atoms with Crippen molar-refractivity contribution in [2.24, 2.45) is 0 Å². The van der Waals surface area contributed by atoms with E-state index in [1.807, 2.05) is 61.5 Å². The predicted molar refractivity (Wildman–Crippen MR) is 132 cm³/mol. The topological polar surface area (TPSA) is 54.5 Å². The smallest absolute Gasteiger partial charge is 0.253 e. The summed E-state index contributed by atoms with van der Waals surface area (Å²) in [5, 5.41) is 3.83. The molecule has 5 nitrogen and oxygen atoms in total. The molecule has 1 aromatic heterocycles. The van der Waals surface area contributed by atoms with Gasteiger partial charge in [-0.3, -0.25) is 14.7 Å². The minimum atomic E-state index is -0.0928. The molecule has 4 rings (SSSR count). The quantitative estimate of drug-likeness (QED) is 0.512. The van der Waals surface area contributed by atoms with Crippen molar-refractivity contribution in [2.75, 3.05) is 20.2 Å². The molecule has 2 aromatic carbocycles. The van der Waals surface area contributed by atoms with Gasteiger partial charge in [-0.1, -0.05) is 41.9 Å². The van der Waals surface area contributed by atoms with Crippen molar-refractivity contribution < 1.29 is 9.53 Å². The molecule has 1 N–H and O–H groups in total. The van der Waals surface area contributed by atoms with Crippen LogP contribution in [0.5, 0.6) is 5.75 Å². The van der Waals surface area contributed by atoms with Crippen LogP contribution in [-0.4, -0.2) is 36.0 Å². The number of pyridine rings is 1. The molecule has 2 heterocycles. The summed E-state index contributed by atoms with van der Waals surface area (Å²) < 4.78 is 5.40. The van der Waals surface area contributed by atoms with Crippen molar-refractivity contribution in [1.29, 1.82) is 0 Å². The van der Waals surface area contributed by atoms with Crippen LogP contribution in [0.15, 0.2) is 60.7 Å². The predicted octanol–water partition coefficient (Wildman–Crippen LogP) is 5.36. The van der Waals surface area contributed by atoms with Crippen LogP contribution in [-0.2, 0) is 13.1 Å². The third-order valence-corrected chi connectivity index (χ3v) is 6.45. The van der Waals surface area contributed by atoms with E-state index in [9.17, 15) is 4.79 Å². The molecule has 0 aliphatic carbocycles. The van der Waals surface area contributed by atoms with Crippen LogP contribution in [0.25, 0.3) is 0 Å². The summed E-state index contributed by atoms with van der Waals surface area (Å²) in [6.07, 6.45) is 1.95. The second-order valence-electron chi connectivity index (χ2n) is 8.56. The lowest BCUT2D eigenvalue weighted by molar-refractivity contribution is 0.0947. The van der Waals surface area contributed by atoms with E-state index in [-0.39, 0.29) is 11.8 Å². The number of carbonyl (C=O) groups is 1. The van der Waals surface area contributed by atoms with Gasteiger partial charge in [0.1, 0.15) is 5.75 Å². The van der Waals surface area contributed by atoms with Gasteiger partial charge in [0.2, 0.25) is 0 Å². The SMILES string of the molecule is COc1ccccc1CNC(=O)c1ccc(C)nc1C1CCN(Cc2cccc(Cl)c2)CC1. The first-order chi connectivity index (χ1) is 16.0. The highest BCUT2D eigenvalue weighted by Gasteiger charge is 2.26. The fourth-order valence-electron chi connectivity index (χ4n) is 4.46. The lowest BCUT2D eigenvalue weighted by Gasteiger charge is -2.32. The van der Waals surface area contributed by atoms with E-state index in [1.54, 1.807) is 7.11 Å². The molecule has 172 valence electrons. The highest BCUT2D eigenvalue weighted by atomic mass is 35.5. The summed E-state index contributed by atoms with van der Waals surface area (Å²) in [6.45, 7) is 5.22. The van der Waals surface area contributed by atoms with Gasteiger partial charge in [-0.05, 0) is 68.8 Å². The summed E-state index contributed by atoms with van der Waals surface area (Å²) in [5.74, 6) is 0.949. The zero-order chi connectivity index (χ0) is 23.2. The van der Waals surface area contributed by atoms with Crippen molar-refractivity contribution in [3.63, 3.8) is 0 Å². The third kappa shape index (κ3) is 5.92. The molecule has 3 aromatic rings. The molecule has 1 amide bonds. The Morgan fingerprint density at radius 2 is 1.91 bits per heavy atom. The van der Waals surface area contributed by atoms with E-state index in [0.717, 1.165) is 60.2 Å². The fourth-order valence-corrected chi connectivity index (χ4v) is 4.67. The Labute approximate surface area is 200 Å². The molecule has 33 heavy (non-hydrogen) atoms. The number of methoxy groups -OCH3 is 1. The number of aryl methyl sites for hydroxylation is 1. The van der Waals surface area contributed by atoms with Gasteiger partial charge in [-0.2, -0.15) is 0 Å². The zero-order valence-electron chi connectivity index (χ0n) is 19.2. The number of piperidine rings is 1. The third-order valence-electron chi connectivity index (χ3n) is 6.21. The normalized spacial score (nSPS) is 14.8. The summed E-state index contributed by atoms with van der Waals surface area (Å²) in [5.41, 5.74) is 4.70. The van der Waals surface area contributed by atoms with Crippen molar-refractivity contribution >= 4 is 17.5 Å². The van der Waals surface area contributed by atoms with E-state index >= 15 is 0 Å². The highest BCUT2D eigenvalue weighted by molar-refractivity contribution is 6.30. The Morgan fingerprint density at radius 1 is 1.12 bits per heavy atom. The van der Waals surface area contributed by atoms with E-state index in [0.29, 0.717) is 12.1 Å². The number of rotatable bonds is 7. The van der Waals surface area contributed by atoms with Gasteiger partial charge in [0.25, 0.3) is 5.91 Å². The van der Waals surface area contributed by atoms with E-state index in [2.05, 4.69) is 16.3 Å². The summed E-state index contributed by atoms with van der Waals surface area (Å²) >= 11 is 6.14. The van der Waals surface area contributed by atoms with Crippen LogP contribution in [0.4, 0.5) is 0 Å². The first-order valence-electron chi connectivity index (χ1n) is 11.4. The van der Waals surface area contributed by atoms with Gasteiger partial charge in [0.05, 0.1) is 18.4 Å². The molecule has 1 saturated heterocycles. The molecule has 0 bridgehead atoms. The number of nitrogens with one attached hydrogen (secondary N) is 1. The lowest BCUT2D eigenvalue weighted by Crippen LogP contribution is -2.34. The monoisotopic (exact) mass is 463 g/mol. The number of aromatic nitrogens is 1. The maximum Gasteiger partial charge on any atom is 0.253 e. The van der Waals surface area contributed by atoms with Gasteiger partial charge in [0, 0.05) is 35.3 Å². The summed E-state index contributed by atoms with van der Waals surface area (Å²) in [6, 6.07) is 19.6. The molecule has 0 unspecified atom stereocenters. The largest absolute Gasteiger partial charge is 0.496 e. The van der Waals surface area contributed by atoms with Crippen molar-refractivity contribution in [2.45, 2.75) is 38.8 Å². The molecule has 6 heteroatoms. The van der Waals surface area contributed by atoms with Gasteiger partial charge >= 0.3 is 0 Å². The molecule has 1 aliphatic heterocycles. The zero-order valence-corrected chi connectivity index (χ0v) is 19.9. The molecule has 0 atom stereocenters.